The Morgan fingerprint density at radius 2 is 2.17 bits per heavy atom. The van der Waals surface area contributed by atoms with E-state index in [0.717, 1.165) is 13.0 Å². The summed E-state index contributed by atoms with van der Waals surface area (Å²) in [5.74, 6) is 0.814. The number of carbonyl (C=O) groups excluding carboxylic acids is 2. The molecule has 1 saturated heterocycles. The van der Waals surface area contributed by atoms with Crippen LogP contribution in [0, 0.1) is 5.92 Å². The maximum atomic E-state index is 12.7. The van der Waals surface area contributed by atoms with E-state index in [2.05, 4.69) is 0 Å². The van der Waals surface area contributed by atoms with Crippen molar-refractivity contribution in [2.75, 3.05) is 37.7 Å². The summed E-state index contributed by atoms with van der Waals surface area (Å²) in [4.78, 5) is 28.6. The highest BCUT2D eigenvalue weighted by atomic mass is 16.5. The normalized spacial score (nSPS) is 22.9. The summed E-state index contributed by atoms with van der Waals surface area (Å²) in [5.41, 5.74) is 0.661. The van der Waals surface area contributed by atoms with Crippen LogP contribution in [0.15, 0.2) is 24.3 Å². The Morgan fingerprint density at radius 3 is 2.88 bits per heavy atom. The van der Waals surface area contributed by atoms with Gasteiger partial charge in [-0.15, -0.1) is 0 Å². The molecule has 0 N–H and O–H groups in total. The number of para-hydroxylation sites is 2. The zero-order valence-corrected chi connectivity index (χ0v) is 14.2. The molecule has 1 aromatic rings. The van der Waals surface area contributed by atoms with Crippen LogP contribution in [0.3, 0.4) is 0 Å². The molecule has 0 radical (unpaired) electrons. The summed E-state index contributed by atoms with van der Waals surface area (Å²) in [6.45, 7) is 6.51. The van der Waals surface area contributed by atoms with Crippen molar-refractivity contribution in [2.24, 2.45) is 5.92 Å². The molecule has 2 amide bonds. The second-order valence-electron chi connectivity index (χ2n) is 6.31. The first-order chi connectivity index (χ1) is 11.6. The first kappa shape index (κ1) is 16.8. The van der Waals surface area contributed by atoms with Crippen molar-refractivity contribution in [3.8, 4) is 5.75 Å². The van der Waals surface area contributed by atoms with Crippen LogP contribution < -0.4 is 9.64 Å². The van der Waals surface area contributed by atoms with Crippen LogP contribution in [0.25, 0.3) is 0 Å². The van der Waals surface area contributed by atoms with Gasteiger partial charge in [0.2, 0.25) is 5.91 Å². The first-order valence-corrected chi connectivity index (χ1v) is 8.52. The molecule has 2 heterocycles. The van der Waals surface area contributed by atoms with Crippen molar-refractivity contribution in [1.82, 2.24) is 4.90 Å². The minimum atomic E-state index is -0.578. The van der Waals surface area contributed by atoms with Crippen LogP contribution in [0.1, 0.15) is 20.3 Å². The fourth-order valence-corrected chi connectivity index (χ4v) is 3.20. The standard InChI is InChI=1S/C18H24N2O4/c1-3-19(10-14-8-9-23-12-14)17(21)11-20-15-6-4-5-7-16(15)24-13(2)18(20)22/h4-7,13-14H,3,8-12H2,1-2H3/t13-,14-/m1/s1. The average Bonchev–Trinajstić information content (AvgIpc) is 3.09. The van der Waals surface area contributed by atoms with Crippen LogP contribution >= 0.6 is 0 Å². The first-order valence-electron chi connectivity index (χ1n) is 8.52. The SMILES string of the molecule is CCN(C[C@H]1CCOC1)C(=O)CN1C(=O)[C@@H](C)Oc2ccccc21. The molecule has 2 aliphatic heterocycles. The van der Waals surface area contributed by atoms with Crippen LogP contribution in [0.2, 0.25) is 0 Å². The summed E-state index contributed by atoms with van der Waals surface area (Å²) in [7, 11) is 0. The van der Waals surface area contributed by atoms with Gasteiger partial charge in [0.1, 0.15) is 12.3 Å². The maximum Gasteiger partial charge on any atom is 0.268 e. The third-order valence-corrected chi connectivity index (χ3v) is 4.60. The molecular formula is C18H24N2O4. The van der Waals surface area contributed by atoms with Gasteiger partial charge in [-0.25, -0.2) is 0 Å². The van der Waals surface area contributed by atoms with Crippen LogP contribution in [-0.4, -0.2) is 55.7 Å². The van der Waals surface area contributed by atoms with Gasteiger partial charge in [0.05, 0.1) is 12.3 Å². The Labute approximate surface area is 142 Å². The lowest BCUT2D eigenvalue weighted by Crippen LogP contribution is -2.50. The largest absolute Gasteiger partial charge is 0.479 e. The van der Waals surface area contributed by atoms with Gasteiger partial charge in [0.25, 0.3) is 5.91 Å². The van der Waals surface area contributed by atoms with Gasteiger partial charge in [-0.1, -0.05) is 12.1 Å². The second kappa shape index (κ2) is 7.21. The van der Waals surface area contributed by atoms with Gasteiger partial charge in [-0.3, -0.25) is 14.5 Å². The molecule has 0 unspecified atom stereocenters. The third kappa shape index (κ3) is 3.38. The number of amides is 2. The number of benzene rings is 1. The molecule has 0 bridgehead atoms. The highest BCUT2D eigenvalue weighted by Gasteiger charge is 2.33. The molecule has 130 valence electrons. The van der Waals surface area contributed by atoms with E-state index >= 15 is 0 Å². The molecule has 1 aromatic carbocycles. The molecule has 6 nitrogen and oxygen atoms in total. The van der Waals surface area contributed by atoms with Crippen molar-refractivity contribution in [2.45, 2.75) is 26.4 Å². The van der Waals surface area contributed by atoms with E-state index in [1.807, 2.05) is 36.1 Å². The number of ether oxygens (including phenoxy) is 2. The van der Waals surface area contributed by atoms with Gasteiger partial charge in [-0.05, 0) is 32.4 Å². The van der Waals surface area contributed by atoms with E-state index in [-0.39, 0.29) is 18.4 Å². The molecule has 1 fully saturated rings. The fraction of sp³-hybridized carbons (Fsp3) is 0.556. The van der Waals surface area contributed by atoms with Crippen molar-refractivity contribution in [1.29, 1.82) is 0 Å². The molecule has 3 rings (SSSR count). The Balaban J connectivity index is 1.73. The predicted octanol–water partition coefficient (Wildman–Crippen LogP) is 1.69. The van der Waals surface area contributed by atoms with E-state index in [4.69, 9.17) is 9.47 Å². The Kier molecular flexibility index (Phi) is 5.04. The molecule has 0 saturated carbocycles. The summed E-state index contributed by atoms with van der Waals surface area (Å²) >= 11 is 0. The van der Waals surface area contributed by atoms with Gasteiger partial charge in [0.15, 0.2) is 6.10 Å². The average molecular weight is 332 g/mol. The smallest absolute Gasteiger partial charge is 0.268 e. The number of nitrogens with zero attached hydrogens (tertiary/aromatic N) is 2. The maximum absolute atomic E-state index is 12.7. The van der Waals surface area contributed by atoms with Crippen LogP contribution in [0.4, 0.5) is 5.69 Å². The predicted molar refractivity (Wildman–Crippen MR) is 90.1 cm³/mol. The topological polar surface area (TPSA) is 59.1 Å². The lowest BCUT2D eigenvalue weighted by atomic mass is 10.1. The van der Waals surface area contributed by atoms with Crippen LogP contribution in [-0.2, 0) is 14.3 Å². The third-order valence-electron chi connectivity index (χ3n) is 4.60. The van der Waals surface area contributed by atoms with E-state index in [0.29, 0.717) is 37.1 Å². The number of rotatable bonds is 5. The van der Waals surface area contributed by atoms with Gasteiger partial charge in [0, 0.05) is 25.6 Å². The minimum absolute atomic E-state index is 0.0401. The second-order valence-corrected chi connectivity index (χ2v) is 6.31. The number of likely N-dealkylation sites (N-methyl/N-ethyl adjacent to an activating group) is 1. The van der Waals surface area contributed by atoms with Crippen molar-refractivity contribution >= 4 is 17.5 Å². The van der Waals surface area contributed by atoms with E-state index in [9.17, 15) is 9.59 Å². The summed E-state index contributed by atoms with van der Waals surface area (Å²) in [5, 5.41) is 0. The number of hydrogen-bond donors (Lipinski definition) is 0. The highest BCUT2D eigenvalue weighted by molar-refractivity contribution is 6.03. The van der Waals surface area contributed by atoms with E-state index in [1.165, 1.54) is 0 Å². The Hall–Kier alpha value is -2.08. The van der Waals surface area contributed by atoms with E-state index < -0.39 is 6.10 Å². The van der Waals surface area contributed by atoms with Gasteiger partial charge >= 0.3 is 0 Å². The van der Waals surface area contributed by atoms with Crippen LogP contribution in [0.5, 0.6) is 5.75 Å². The summed E-state index contributed by atoms with van der Waals surface area (Å²) in [6, 6.07) is 7.34. The molecule has 0 aromatic heterocycles. The summed E-state index contributed by atoms with van der Waals surface area (Å²) < 4.78 is 11.0. The molecule has 2 aliphatic rings. The molecule has 0 aliphatic carbocycles. The number of fused-ring (bicyclic) bond motifs is 1. The Morgan fingerprint density at radius 1 is 1.38 bits per heavy atom. The number of anilines is 1. The quantitative estimate of drug-likeness (QED) is 0.823. The van der Waals surface area contributed by atoms with Crippen molar-refractivity contribution in [3.63, 3.8) is 0 Å². The number of carbonyl (C=O) groups is 2. The van der Waals surface area contributed by atoms with Gasteiger partial charge in [-0.2, -0.15) is 0 Å². The zero-order valence-electron chi connectivity index (χ0n) is 14.2. The molecule has 6 heteroatoms. The molecule has 2 atom stereocenters. The molecule has 24 heavy (non-hydrogen) atoms. The monoisotopic (exact) mass is 332 g/mol. The zero-order chi connectivity index (χ0) is 17.1. The highest BCUT2D eigenvalue weighted by Crippen LogP contribution is 2.33. The lowest BCUT2D eigenvalue weighted by Gasteiger charge is -2.34. The minimum Gasteiger partial charge on any atom is -0.479 e. The van der Waals surface area contributed by atoms with E-state index in [1.54, 1.807) is 11.8 Å². The van der Waals surface area contributed by atoms with Crippen molar-refractivity contribution in [3.05, 3.63) is 24.3 Å². The number of hydrogen-bond acceptors (Lipinski definition) is 4. The Bertz CT molecular complexity index is 613. The molecule has 0 spiro atoms. The van der Waals surface area contributed by atoms with Crippen molar-refractivity contribution < 1.29 is 19.1 Å². The molecular weight excluding hydrogens is 308 g/mol. The summed E-state index contributed by atoms with van der Waals surface area (Å²) in [6.07, 6.45) is 0.408. The van der Waals surface area contributed by atoms with Gasteiger partial charge < -0.3 is 14.4 Å². The lowest BCUT2D eigenvalue weighted by molar-refractivity contribution is -0.133. The fourth-order valence-electron chi connectivity index (χ4n) is 3.20.